The molecule has 1 fully saturated rings. The largest absolute Gasteiger partial charge is 0.454 e. The second kappa shape index (κ2) is 9.36. The van der Waals surface area contributed by atoms with Crippen LogP contribution in [0.25, 0.3) is 0 Å². The van der Waals surface area contributed by atoms with Gasteiger partial charge in [-0.1, -0.05) is 25.3 Å². The van der Waals surface area contributed by atoms with Crippen molar-refractivity contribution < 1.29 is 27.5 Å². The van der Waals surface area contributed by atoms with Crippen LogP contribution in [0.1, 0.15) is 39.0 Å². The minimum Gasteiger partial charge on any atom is -0.454 e. The number of hydrogen-bond acceptors (Lipinski definition) is 6. The van der Waals surface area contributed by atoms with Crippen molar-refractivity contribution in [1.29, 1.82) is 0 Å². The first-order valence-corrected chi connectivity index (χ1v) is 10.8. The van der Waals surface area contributed by atoms with Crippen LogP contribution < -0.4 is 10.6 Å². The standard InChI is InChI=1S/C19H27N3O6S/c1-14(23)21-19(10-5-4-6-11-19)18(25)28-13-17(24)20-15-8-7-9-16(12-15)29(26,27)22(2)3/h7-9,12H,4-6,10-11,13H2,1-3H3,(H,20,24)(H,21,23). The van der Waals surface area contributed by atoms with Crippen molar-refractivity contribution >= 4 is 33.5 Å². The molecule has 2 amide bonds. The molecule has 29 heavy (non-hydrogen) atoms. The highest BCUT2D eigenvalue weighted by Crippen LogP contribution is 2.29. The van der Waals surface area contributed by atoms with Crippen molar-refractivity contribution in [3.05, 3.63) is 24.3 Å². The van der Waals surface area contributed by atoms with Crippen molar-refractivity contribution in [3.8, 4) is 0 Å². The topological polar surface area (TPSA) is 122 Å². The highest BCUT2D eigenvalue weighted by Gasteiger charge is 2.42. The molecule has 10 heteroatoms. The summed E-state index contributed by atoms with van der Waals surface area (Å²) in [5, 5.41) is 5.21. The van der Waals surface area contributed by atoms with Crippen LogP contribution in [0.2, 0.25) is 0 Å². The van der Waals surface area contributed by atoms with Gasteiger partial charge in [-0.15, -0.1) is 0 Å². The zero-order valence-corrected chi connectivity index (χ0v) is 17.7. The van der Waals surface area contributed by atoms with E-state index in [9.17, 15) is 22.8 Å². The SMILES string of the molecule is CC(=O)NC1(C(=O)OCC(=O)Nc2cccc(S(=O)(=O)N(C)C)c2)CCCCC1. The smallest absolute Gasteiger partial charge is 0.332 e. The molecule has 0 aliphatic heterocycles. The third kappa shape index (κ3) is 5.77. The van der Waals surface area contributed by atoms with Crippen LogP contribution >= 0.6 is 0 Å². The van der Waals surface area contributed by atoms with E-state index in [1.54, 1.807) is 0 Å². The molecule has 0 atom stereocenters. The van der Waals surface area contributed by atoms with Crippen LogP contribution in [0.4, 0.5) is 5.69 Å². The van der Waals surface area contributed by atoms with Crippen LogP contribution in [-0.2, 0) is 29.1 Å². The normalized spacial score (nSPS) is 16.1. The second-order valence-electron chi connectivity index (χ2n) is 7.26. The van der Waals surface area contributed by atoms with Gasteiger partial charge in [0.2, 0.25) is 15.9 Å². The number of carbonyl (C=O) groups excluding carboxylic acids is 3. The number of hydrogen-bond donors (Lipinski definition) is 2. The average Bonchev–Trinajstić information content (AvgIpc) is 2.66. The minimum absolute atomic E-state index is 0.0316. The first-order chi connectivity index (χ1) is 13.6. The molecule has 0 saturated heterocycles. The molecule has 2 N–H and O–H groups in total. The molecule has 0 heterocycles. The quantitative estimate of drug-likeness (QED) is 0.634. The van der Waals surface area contributed by atoms with Gasteiger partial charge in [0.15, 0.2) is 6.61 Å². The molecule has 1 saturated carbocycles. The van der Waals surface area contributed by atoms with E-state index in [0.717, 1.165) is 23.6 Å². The molecular formula is C19H27N3O6S. The number of anilines is 1. The van der Waals surface area contributed by atoms with Crippen molar-refractivity contribution in [3.63, 3.8) is 0 Å². The molecule has 9 nitrogen and oxygen atoms in total. The van der Waals surface area contributed by atoms with E-state index in [4.69, 9.17) is 4.74 Å². The molecule has 160 valence electrons. The molecule has 1 aromatic carbocycles. The lowest BCUT2D eigenvalue weighted by Crippen LogP contribution is -2.56. The highest BCUT2D eigenvalue weighted by molar-refractivity contribution is 7.89. The third-order valence-electron chi connectivity index (χ3n) is 4.74. The summed E-state index contributed by atoms with van der Waals surface area (Å²) in [7, 11) is -0.813. The van der Waals surface area contributed by atoms with Crippen molar-refractivity contribution in [2.45, 2.75) is 49.5 Å². The third-order valence-corrected chi connectivity index (χ3v) is 6.55. The fourth-order valence-corrected chi connectivity index (χ4v) is 4.23. The maximum absolute atomic E-state index is 12.6. The van der Waals surface area contributed by atoms with Gasteiger partial charge < -0.3 is 15.4 Å². The first-order valence-electron chi connectivity index (χ1n) is 9.35. The number of nitrogens with zero attached hydrogens (tertiary/aromatic N) is 1. The number of carbonyl (C=O) groups is 3. The van der Waals surface area contributed by atoms with E-state index < -0.39 is 34.0 Å². The Morgan fingerprint density at radius 1 is 1.14 bits per heavy atom. The fourth-order valence-electron chi connectivity index (χ4n) is 3.28. The van der Waals surface area contributed by atoms with E-state index >= 15 is 0 Å². The Balaban J connectivity index is 2.01. The number of sulfonamides is 1. The van der Waals surface area contributed by atoms with Gasteiger partial charge in [-0.2, -0.15) is 0 Å². The maximum Gasteiger partial charge on any atom is 0.332 e. The number of amides is 2. The van der Waals surface area contributed by atoms with Gasteiger partial charge in [0, 0.05) is 26.7 Å². The second-order valence-corrected chi connectivity index (χ2v) is 9.42. The summed E-state index contributed by atoms with van der Waals surface area (Å²) in [6.45, 7) is 0.802. The van der Waals surface area contributed by atoms with E-state index in [0.29, 0.717) is 12.8 Å². The van der Waals surface area contributed by atoms with Crippen LogP contribution in [0.15, 0.2) is 29.2 Å². The molecule has 0 radical (unpaired) electrons. The number of benzene rings is 1. The van der Waals surface area contributed by atoms with Gasteiger partial charge in [-0.25, -0.2) is 17.5 Å². The number of rotatable bonds is 7. The van der Waals surface area contributed by atoms with Gasteiger partial charge in [0.05, 0.1) is 4.90 Å². The summed E-state index contributed by atoms with van der Waals surface area (Å²) < 4.78 is 30.6. The van der Waals surface area contributed by atoms with Crippen molar-refractivity contribution in [2.75, 3.05) is 26.0 Å². The molecule has 1 aliphatic rings. The molecule has 2 rings (SSSR count). The molecule has 0 unspecified atom stereocenters. The average molecular weight is 426 g/mol. The van der Waals surface area contributed by atoms with Crippen molar-refractivity contribution in [1.82, 2.24) is 9.62 Å². The van der Waals surface area contributed by atoms with E-state index in [1.807, 2.05) is 0 Å². The Morgan fingerprint density at radius 2 is 1.79 bits per heavy atom. The summed E-state index contributed by atoms with van der Waals surface area (Å²) in [5.74, 6) is -1.56. The molecule has 0 spiro atoms. The Labute approximate surface area is 170 Å². The lowest BCUT2D eigenvalue weighted by Gasteiger charge is -2.35. The van der Waals surface area contributed by atoms with Crippen LogP contribution in [-0.4, -0.2) is 56.7 Å². The van der Waals surface area contributed by atoms with E-state index in [1.165, 1.54) is 45.3 Å². The lowest BCUT2D eigenvalue weighted by molar-refractivity contribution is -0.157. The van der Waals surface area contributed by atoms with Crippen LogP contribution in [0.3, 0.4) is 0 Å². The molecular weight excluding hydrogens is 398 g/mol. The van der Waals surface area contributed by atoms with Gasteiger partial charge in [0.1, 0.15) is 5.54 Å². The Morgan fingerprint density at radius 3 is 2.38 bits per heavy atom. The van der Waals surface area contributed by atoms with Crippen molar-refractivity contribution in [2.24, 2.45) is 0 Å². The summed E-state index contributed by atoms with van der Waals surface area (Å²) in [6.07, 6.45) is 3.49. The Hall–Kier alpha value is -2.46. The van der Waals surface area contributed by atoms with Crippen LogP contribution in [0.5, 0.6) is 0 Å². The summed E-state index contributed by atoms with van der Waals surface area (Å²) in [4.78, 5) is 36.3. The van der Waals surface area contributed by atoms with Crippen LogP contribution in [0, 0.1) is 0 Å². The Kier molecular flexibility index (Phi) is 7.37. The van der Waals surface area contributed by atoms with E-state index in [2.05, 4.69) is 10.6 Å². The fraction of sp³-hybridized carbons (Fsp3) is 0.526. The zero-order valence-electron chi connectivity index (χ0n) is 16.9. The Bertz CT molecular complexity index is 876. The zero-order chi connectivity index (χ0) is 21.7. The first kappa shape index (κ1) is 22.8. The van der Waals surface area contributed by atoms with Gasteiger partial charge >= 0.3 is 5.97 Å². The number of ether oxygens (including phenoxy) is 1. The molecule has 0 bridgehead atoms. The molecule has 1 aromatic rings. The van der Waals surface area contributed by atoms with E-state index in [-0.39, 0.29) is 16.5 Å². The lowest BCUT2D eigenvalue weighted by atomic mass is 9.81. The van der Waals surface area contributed by atoms with Gasteiger partial charge in [-0.3, -0.25) is 9.59 Å². The predicted molar refractivity (Wildman–Crippen MR) is 107 cm³/mol. The summed E-state index contributed by atoms with van der Waals surface area (Å²) >= 11 is 0. The molecule has 1 aliphatic carbocycles. The summed E-state index contributed by atoms with van der Waals surface area (Å²) in [6, 6.07) is 5.79. The number of nitrogens with one attached hydrogen (secondary N) is 2. The monoisotopic (exact) mass is 425 g/mol. The highest BCUT2D eigenvalue weighted by atomic mass is 32.2. The predicted octanol–water partition coefficient (Wildman–Crippen LogP) is 1.26. The summed E-state index contributed by atoms with van der Waals surface area (Å²) in [5.41, 5.74) is -0.826. The van der Waals surface area contributed by atoms with Gasteiger partial charge in [-0.05, 0) is 31.0 Å². The maximum atomic E-state index is 12.6. The minimum atomic E-state index is -3.64. The number of esters is 1. The van der Waals surface area contributed by atoms with Gasteiger partial charge in [0.25, 0.3) is 5.91 Å². The molecule has 0 aromatic heterocycles.